The summed E-state index contributed by atoms with van der Waals surface area (Å²) < 4.78 is 13.2. The van der Waals surface area contributed by atoms with Crippen LogP contribution >= 0.6 is 0 Å². The fourth-order valence-electron chi connectivity index (χ4n) is 4.37. The van der Waals surface area contributed by atoms with Crippen LogP contribution in [-0.2, 0) is 42.6 Å². The molecule has 0 fully saturated rings. The fraction of sp³-hybridized carbons (Fsp3) is 0.467. The molecule has 1 amide bonds. The molecule has 2 heterocycles. The Labute approximate surface area is 230 Å². The van der Waals surface area contributed by atoms with E-state index in [-0.39, 0.29) is 25.5 Å². The van der Waals surface area contributed by atoms with Gasteiger partial charge in [0.15, 0.2) is 0 Å². The van der Waals surface area contributed by atoms with Gasteiger partial charge in [-0.15, -0.1) is 5.10 Å². The van der Waals surface area contributed by atoms with E-state index >= 15 is 0 Å². The lowest BCUT2D eigenvalue weighted by atomic mass is 9.90. The molecule has 1 aromatic carbocycles. The van der Waals surface area contributed by atoms with Gasteiger partial charge in [0, 0.05) is 47.9 Å². The molecule has 0 bridgehead atoms. The number of aromatic nitrogens is 3. The van der Waals surface area contributed by atoms with E-state index in [2.05, 4.69) is 36.4 Å². The summed E-state index contributed by atoms with van der Waals surface area (Å²) in [5.74, 6) is -0.342. The number of aliphatic carboxylic acids is 1. The second kappa shape index (κ2) is 12.3. The van der Waals surface area contributed by atoms with Gasteiger partial charge >= 0.3 is 12.1 Å². The standard InChI is InChI=1S/C30H40N4O5/c1-18(2)13-25-23(15-31-29(37)39-30(5,6)7)27(21-11-9-19(3)10-12-21)24(20(4)32-25)17-38-28-22(14-26(35)36)16-34(8)33-28/h9-12,16,18H,13-15,17H2,1-8H3,(H,31,37)(H,35,36). The van der Waals surface area contributed by atoms with Crippen molar-refractivity contribution in [3.63, 3.8) is 0 Å². The Morgan fingerprint density at radius 1 is 1.10 bits per heavy atom. The monoisotopic (exact) mass is 536 g/mol. The largest absolute Gasteiger partial charge is 0.481 e. The number of amides is 1. The second-order valence-electron chi connectivity index (χ2n) is 11.3. The van der Waals surface area contributed by atoms with Crippen LogP contribution in [0.1, 0.15) is 68.3 Å². The van der Waals surface area contributed by atoms with Crippen molar-refractivity contribution >= 4 is 12.1 Å². The smallest absolute Gasteiger partial charge is 0.407 e. The molecule has 0 unspecified atom stereocenters. The van der Waals surface area contributed by atoms with Crippen LogP contribution in [0.3, 0.4) is 0 Å². The van der Waals surface area contributed by atoms with Crippen molar-refractivity contribution in [1.29, 1.82) is 0 Å². The van der Waals surface area contributed by atoms with Crippen molar-refractivity contribution in [1.82, 2.24) is 20.1 Å². The Kier molecular flexibility index (Phi) is 9.37. The molecule has 3 aromatic rings. The van der Waals surface area contributed by atoms with E-state index in [0.29, 0.717) is 11.5 Å². The van der Waals surface area contributed by atoms with Crippen molar-refractivity contribution in [2.75, 3.05) is 0 Å². The topological polar surface area (TPSA) is 116 Å². The first-order valence-corrected chi connectivity index (χ1v) is 13.2. The van der Waals surface area contributed by atoms with Gasteiger partial charge in [-0.25, -0.2) is 4.79 Å². The van der Waals surface area contributed by atoms with Crippen molar-refractivity contribution in [3.8, 4) is 17.0 Å². The average Bonchev–Trinajstić information content (AvgIpc) is 3.14. The molecule has 3 rings (SSSR count). The van der Waals surface area contributed by atoms with Gasteiger partial charge < -0.3 is 19.9 Å². The quantitative estimate of drug-likeness (QED) is 0.350. The van der Waals surface area contributed by atoms with Crippen LogP contribution in [-0.4, -0.2) is 37.5 Å². The number of aryl methyl sites for hydroxylation is 3. The molecule has 39 heavy (non-hydrogen) atoms. The van der Waals surface area contributed by atoms with Crippen molar-refractivity contribution in [2.45, 2.75) is 80.1 Å². The molecule has 0 radical (unpaired) electrons. The van der Waals surface area contributed by atoms with Crippen molar-refractivity contribution in [3.05, 3.63) is 64.1 Å². The fourth-order valence-corrected chi connectivity index (χ4v) is 4.37. The highest BCUT2D eigenvalue weighted by Crippen LogP contribution is 2.34. The van der Waals surface area contributed by atoms with Gasteiger partial charge in [0.05, 0.1) is 6.42 Å². The van der Waals surface area contributed by atoms with Crippen LogP contribution < -0.4 is 10.1 Å². The number of hydrogen-bond acceptors (Lipinski definition) is 6. The first-order valence-electron chi connectivity index (χ1n) is 13.2. The maximum Gasteiger partial charge on any atom is 0.407 e. The Morgan fingerprint density at radius 2 is 1.77 bits per heavy atom. The molecule has 0 aliphatic carbocycles. The van der Waals surface area contributed by atoms with Crippen LogP contribution in [0, 0.1) is 19.8 Å². The Hall–Kier alpha value is -3.88. The van der Waals surface area contributed by atoms with E-state index in [9.17, 15) is 14.7 Å². The summed E-state index contributed by atoms with van der Waals surface area (Å²) in [4.78, 5) is 28.9. The molecule has 210 valence electrons. The Bertz CT molecular complexity index is 1320. The first kappa shape index (κ1) is 29.7. The van der Waals surface area contributed by atoms with Crippen LogP contribution in [0.15, 0.2) is 30.5 Å². The number of carboxylic acids is 1. The van der Waals surface area contributed by atoms with Gasteiger partial charge in [-0.05, 0) is 58.1 Å². The zero-order valence-electron chi connectivity index (χ0n) is 24.2. The van der Waals surface area contributed by atoms with Crippen molar-refractivity contribution < 1.29 is 24.2 Å². The third-order valence-corrected chi connectivity index (χ3v) is 6.00. The third kappa shape index (κ3) is 8.30. The molecule has 0 aliphatic rings. The van der Waals surface area contributed by atoms with Crippen LogP contribution in [0.2, 0.25) is 0 Å². The number of benzene rings is 1. The predicted octanol–water partition coefficient (Wildman–Crippen LogP) is 5.53. The molecule has 0 saturated heterocycles. The SMILES string of the molecule is Cc1ccc(-c2c(COc3nn(C)cc3CC(=O)O)c(C)nc(CC(C)C)c2CNC(=O)OC(C)(C)C)cc1. The number of carbonyl (C=O) groups is 2. The molecule has 0 atom stereocenters. The summed E-state index contributed by atoms with van der Waals surface area (Å²) in [5, 5.41) is 16.6. The minimum atomic E-state index is -0.959. The normalized spacial score (nSPS) is 11.5. The van der Waals surface area contributed by atoms with Crippen molar-refractivity contribution in [2.24, 2.45) is 13.0 Å². The zero-order chi connectivity index (χ0) is 28.9. The van der Waals surface area contributed by atoms with Crippen LogP contribution in [0.25, 0.3) is 11.1 Å². The maximum absolute atomic E-state index is 12.6. The predicted molar refractivity (Wildman–Crippen MR) is 150 cm³/mol. The number of carbonyl (C=O) groups excluding carboxylic acids is 1. The summed E-state index contributed by atoms with van der Waals surface area (Å²) in [7, 11) is 1.73. The minimum absolute atomic E-state index is 0.132. The van der Waals surface area contributed by atoms with Gasteiger partial charge in [-0.1, -0.05) is 43.7 Å². The van der Waals surface area contributed by atoms with Gasteiger partial charge in [-0.3, -0.25) is 14.5 Å². The number of pyridine rings is 1. The lowest BCUT2D eigenvalue weighted by molar-refractivity contribution is -0.136. The van der Waals surface area contributed by atoms with E-state index in [1.807, 2.05) is 46.8 Å². The van der Waals surface area contributed by atoms with Gasteiger partial charge in [0.25, 0.3) is 0 Å². The molecule has 2 aromatic heterocycles. The molecular weight excluding hydrogens is 496 g/mol. The number of rotatable bonds is 10. The summed E-state index contributed by atoms with van der Waals surface area (Å²) in [6.45, 7) is 14.1. The number of ether oxygens (including phenoxy) is 2. The second-order valence-corrected chi connectivity index (χ2v) is 11.3. The Morgan fingerprint density at radius 3 is 2.36 bits per heavy atom. The molecular formula is C30H40N4O5. The Balaban J connectivity index is 2.11. The lowest BCUT2D eigenvalue weighted by Gasteiger charge is -2.23. The minimum Gasteiger partial charge on any atom is -0.481 e. The van der Waals surface area contributed by atoms with E-state index < -0.39 is 17.7 Å². The summed E-state index contributed by atoms with van der Waals surface area (Å²) in [5.41, 5.74) is 6.37. The summed E-state index contributed by atoms with van der Waals surface area (Å²) >= 11 is 0. The molecule has 9 heteroatoms. The average molecular weight is 537 g/mol. The molecule has 2 N–H and O–H groups in total. The number of nitrogens with one attached hydrogen (secondary N) is 1. The van der Waals surface area contributed by atoms with Crippen LogP contribution in [0.5, 0.6) is 5.88 Å². The number of hydrogen-bond donors (Lipinski definition) is 2. The first-order chi connectivity index (χ1) is 18.2. The lowest BCUT2D eigenvalue weighted by Crippen LogP contribution is -2.32. The van der Waals surface area contributed by atoms with E-state index in [1.54, 1.807) is 17.9 Å². The van der Waals surface area contributed by atoms with E-state index in [1.165, 1.54) is 0 Å². The van der Waals surface area contributed by atoms with E-state index in [0.717, 1.165) is 45.6 Å². The number of carboxylic acid groups (broad SMARTS) is 1. The van der Waals surface area contributed by atoms with Gasteiger partial charge in [0.2, 0.25) is 5.88 Å². The highest BCUT2D eigenvalue weighted by Gasteiger charge is 2.23. The van der Waals surface area contributed by atoms with Gasteiger partial charge in [-0.2, -0.15) is 0 Å². The molecule has 0 spiro atoms. The highest BCUT2D eigenvalue weighted by molar-refractivity contribution is 5.74. The number of nitrogens with zero attached hydrogens (tertiary/aromatic N) is 3. The van der Waals surface area contributed by atoms with Crippen LogP contribution in [0.4, 0.5) is 4.79 Å². The number of alkyl carbamates (subject to hydrolysis) is 1. The third-order valence-electron chi connectivity index (χ3n) is 6.00. The maximum atomic E-state index is 12.6. The zero-order valence-corrected chi connectivity index (χ0v) is 24.2. The summed E-state index contributed by atoms with van der Waals surface area (Å²) in [6, 6.07) is 8.21. The molecule has 0 saturated carbocycles. The summed E-state index contributed by atoms with van der Waals surface area (Å²) in [6.07, 6.45) is 1.69. The molecule has 0 aliphatic heterocycles. The highest BCUT2D eigenvalue weighted by atomic mass is 16.6. The van der Waals surface area contributed by atoms with E-state index in [4.69, 9.17) is 14.5 Å². The van der Waals surface area contributed by atoms with Gasteiger partial charge in [0.1, 0.15) is 12.2 Å². The molecule has 9 nitrogen and oxygen atoms in total.